The Morgan fingerprint density at radius 2 is 2.00 bits per heavy atom. The maximum atomic E-state index is 10.9. The lowest BCUT2D eigenvalue weighted by Gasteiger charge is -2.08. The van der Waals surface area contributed by atoms with Crippen LogP contribution in [0.15, 0.2) is 59.6 Å². The largest absolute Gasteiger partial charge is 0.496 e. The number of non-ortho nitro benzene ring substituents is 1. The highest BCUT2D eigenvalue weighted by molar-refractivity contribution is 7.98. The van der Waals surface area contributed by atoms with Gasteiger partial charge in [0.2, 0.25) is 0 Å². The Morgan fingerprint density at radius 3 is 2.78 bits per heavy atom. The van der Waals surface area contributed by atoms with Gasteiger partial charge in [-0.15, -0.1) is 11.8 Å². The lowest BCUT2D eigenvalue weighted by molar-refractivity contribution is -0.384. The normalized spacial score (nSPS) is 10.7. The van der Waals surface area contributed by atoms with Gasteiger partial charge in [-0.1, -0.05) is 24.3 Å². The summed E-state index contributed by atoms with van der Waals surface area (Å²) in [6.45, 7) is 0. The first-order valence-electron chi connectivity index (χ1n) is 6.97. The van der Waals surface area contributed by atoms with Gasteiger partial charge >= 0.3 is 0 Å². The molecule has 0 bridgehead atoms. The van der Waals surface area contributed by atoms with Crippen LogP contribution < -0.4 is 4.74 Å². The van der Waals surface area contributed by atoms with E-state index in [-0.39, 0.29) is 5.69 Å². The minimum atomic E-state index is -0.401. The van der Waals surface area contributed by atoms with Crippen LogP contribution in [0.4, 0.5) is 5.69 Å². The molecular formula is C17H14N2O3S. The number of hydrogen-bond donors (Lipinski definition) is 0. The molecule has 0 spiro atoms. The standard InChI is InChI=1S/C17H14N2O3S/c1-22-16-8-7-14(19(20)21)10-13(16)11-23-17-9-6-12-4-2-3-5-15(12)18-17/h2-10H,11H2,1H3. The minimum Gasteiger partial charge on any atom is -0.496 e. The first-order valence-corrected chi connectivity index (χ1v) is 7.96. The van der Waals surface area contributed by atoms with Gasteiger partial charge < -0.3 is 4.74 Å². The predicted octanol–water partition coefficient (Wildman–Crippen LogP) is 4.44. The van der Waals surface area contributed by atoms with Crippen LogP contribution in [0.2, 0.25) is 0 Å². The third-order valence-electron chi connectivity index (χ3n) is 3.42. The average molecular weight is 326 g/mol. The van der Waals surface area contributed by atoms with Crippen LogP contribution in [0.3, 0.4) is 0 Å². The van der Waals surface area contributed by atoms with Gasteiger partial charge in [-0.3, -0.25) is 10.1 Å². The number of rotatable bonds is 5. The van der Waals surface area contributed by atoms with E-state index in [1.165, 1.54) is 17.8 Å². The molecule has 0 saturated heterocycles. The monoisotopic (exact) mass is 326 g/mol. The number of pyridine rings is 1. The maximum Gasteiger partial charge on any atom is 0.270 e. The lowest BCUT2D eigenvalue weighted by atomic mass is 10.2. The number of nitrogens with zero attached hydrogens (tertiary/aromatic N) is 2. The number of thioether (sulfide) groups is 1. The van der Waals surface area contributed by atoms with Gasteiger partial charge in [0, 0.05) is 28.8 Å². The fraction of sp³-hybridized carbons (Fsp3) is 0.118. The van der Waals surface area contributed by atoms with Crippen molar-refractivity contribution in [3.05, 3.63) is 70.3 Å². The molecule has 0 atom stereocenters. The smallest absolute Gasteiger partial charge is 0.270 e. The number of nitro benzene ring substituents is 1. The van der Waals surface area contributed by atoms with Gasteiger partial charge in [0.1, 0.15) is 5.75 Å². The summed E-state index contributed by atoms with van der Waals surface area (Å²) in [5.74, 6) is 1.19. The van der Waals surface area contributed by atoms with E-state index in [9.17, 15) is 10.1 Å². The van der Waals surface area contributed by atoms with Crippen LogP contribution in [0, 0.1) is 10.1 Å². The van der Waals surface area contributed by atoms with Crippen LogP contribution in [-0.4, -0.2) is 17.0 Å². The number of ether oxygens (including phenoxy) is 1. The summed E-state index contributed by atoms with van der Waals surface area (Å²) in [4.78, 5) is 15.1. The number of aromatic nitrogens is 1. The molecule has 0 aliphatic heterocycles. The Kier molecular flexibility index (Phi) is 4.43. The van der Waals surface area contributed by atoms with E-state index in [1.807, 2.05) is 36.4 Å². The third kappa shape index (κ3) is 3.43. The highest BCUT2D eigenvalue weighted by atomic mass is 32.2. The molecule has 0 amide bonds. The summed E-state index contributed by atoms with van der Waals surface area (Å²) in [7, 11) is 1.56. The van der Waals surface area contributed by atoms with Gasteiger partial charge in [-0.2, -0.15) is 0 Å². The summed E-state index contributed by atoms with van der Waals surface area (Å²) < 4.78 is 5.28. The van der Waals surface area contributed by atoms with Gasteiger partial charge in [0.05, 0.1) is 22.6 Å². The van der Waals surface area contributed by atoms with Crippen molar-refractivity contribution < 1.29 is 9.66 Å². The lowest BCUT2D eigenvalue weighted by Crippen LogP contribution is -1.94. The average Bonchev–Trinajstić information content (AvgIpc) is 2.59. The zero-order valence-electron chi connectivity index (χ0n) is 12.4. The van der Waals surface area contributed by atoms with Crippen molar-refractivity contribution in [1.82, 2.24) is 4.98 Å². The molecule has 0 radical (unpaired) electrons. The topological polar surface area (TPSA) is 65.3 Å². The first kappa shape index (κ1) is 15.3. The van der Waals surface area contributed by atoms with Crippen LogP contribution in [0.25, 0.3) is 10.9 Å². The van der Waals surface area contributed by atoms with Gasteiger partial charge in [-0.05, 0) is 18.2 Å². The Labute approximate surface area is 137 Å². The quantitative estimate of drug-likeness (QED) is 0.394. The zero-order chi connectivity index (χ0) is 16.2. The molecule has 3 rings (SSSR count). The minimum absolute atomic E-state index is 0.0628. The molecule has 3 aromatic rings. The third-order valence-corrected chi connectivity index (χ3v) is 4.40. The Morgan fingerprint density at radius 1 is 1.17 bits per heavy atom. The number of nitro groups is 1. The molecule has 0 aliphatic carbocycles. The second kappa shape index (κ2) is 6.66. The van der Waals surface area contributed by atoms with Crippen molar-refractivity contribution >= 4 is 28.4 Å². The summed E-state index contributed by atoms with van der Waals surface area (Å²) in [6.07, 6.45) is 0. The molecule has 0 fully saturated rings. The molecule has 1 heterocycles. The first-order chi connectivity index (χ1) is 11.2. The van der Waals surface area contributed by atoms with Crippen molar-refractivity contribution in [2.75, 3.05) is 7.11 Å². The van der Waals surface area contributed by atoms with Crippen LogP contribution in [-0.2, 0) is 5.75 Å². The second-order valence-corrected chi connectivity index (χ2v) is 5.88. The number of benzene rings is 2. The van der Waals surface area contributed by atoms with E-state index >= 15 is 0 Å². The molecule has 1 aromatic heterocycles. The summed E-state index contributed by atoms with van der Waals surface area (Å²) in [5.41, 5.74) is 1.78. The molecule has 0 unspecified atom stereocenters. The Hall–Kier alpha value is -2.60. The van der Waals surface area contributed by atoms with Gasteiger partial charge in [0.15, 0.2) is 0 Å². The van der Waals surface area contributed by atoms with Crippen molar-refractivity contribution in [3.63, 3.8) is 0 Å². The molecule has 0 N–H and O–H groups in total. The highest BCUT2D eigenvalue weighted by Gasteiger charge is 2.12. The fourth-order valence-corrected chi connectivity index (χ4v) is 3.13. The Bertz CT molecular complexity index is 867. The second-order valence-electron chi connectivity index (χ2n) is 4.88. The fourth-order valence-electron chi connectivity index (χ4n) is 2.27. The van der Waals surface area contributed by atoms with Crippen molar-refractivity contribution in [1.29, 1.82) is 0 Å². The van der Waals surface area contributed by atoms with E-state index in [0.717, 1.165) is 21.5 Å². The van der Waals surface area contributed by atoms with Crippen molar-refractivity contribution in [3.8, 4) is 5.75 Å². The molecule has 6 heteroatoms. The molecule has 2 aromatic carbocycles. The highest BCUT2D eigenvalue weighted by Crippen LogP contribution is 2.30. The SMILES string of the molecule is COc1ccc([N+](=O)[O-])cc1CSc1ccc2ccccc2n1. The van der Waals surface area contributed by atoms with E-state index in [2.05, 4.69) is 4.98 Å². The number of methoxy groups -OCH3 is 1. The van der Waals surface area contributed by atoms with Crippen LogP contribution in [0.5, 0.6) is 5.75 Å². The van der Waals surface area contributed by atoms with E-state index < -0.39 is 4.92 Å². The zero-order valence-corrected chi connectivity index (χ0v) is 13.2. The van der Waals surface area contributed by atoms with Gasteiger partial charge in [0.25, 0.3) is 5.69 Å². The number of hydrogen-bond acceptors (Lipinski definition) is 5. The van der Waals surface area contributed by atoms with E-state index in [0.29, 0.717) is 11.5 Å². The van der Waals surface area contributed by atoms with E-state index in [1.54, 1.807) is 19.2 Å². The molecule has 116 valence electrons. The van der Waals surface area contributed by atoms with E-state index in [4.69, 9.17) is 4.74 Å². The molecule has 0 aliphatic rings. The summed E-state index contributed by atoms with van der Waals surface area (Å²) in [5, 5.41) is 12.9. The molecule has 23 heavy (non-hydrogen) atoms. The molecular weight excluding hydrogens is 312 g/mol. The predicted molar refractivity (Wildman–Crippen MR) is 91.0 cm³/mol. The number of para-hydroxylation sites is 1. The molecule has 0 saturated carbocycles. The van der Waals surface area contributed by atoms with Crippen LogP contribution in [0.1, 0.15) is 5.56 Å². The van der Waals surface area contributed by atoms with Gasteiger partial charge in [-0.25, -0.2) is 4.98 Å². The van der Waals surface area contributed by atoms with Crippen molar-refractivity contribution in [2.45, 2.75) is 10.8 Å². The molecule has 5 nitrogen and oxygen atoms in total. The maximum absolute atomic E-state index is 10.9. The van der Waals surface area contributed by atoms with Crippen LogP contribution >= 0.6 is 11.8 Å². The number of fused-ring (bicyclic) bond motifs is 1. The summed E-state index contributed by atoms with van der Waals surface area (Å²) in [6, 6.07) is 16.5. The Balaban J connectivity index is 1.83. The van der Waals surface area contributed by atoms with Crippen molar-refractivity contribution in [2.24, 2.45) is 0 Å². The summed E-state index contributed by atoms with van der Waals surface area (Å²) >= 11 is 1.52.